The quantitative estimate of drug-likeness (QED) is 0.662. The zero-order chi connectivity index (χ0) is 10.8. The van der Waals surface area contributed by atoms with Crippen LogP contribution in [-0.4, -0.2) is 16.5 Å². The minimum Gasteiger partial charge on any atom is -0.389 e. The van der Waals surface area contributed by atoms with Crippen molar-refractivity contribution in [3.63, 3.8) is 0 Å². The topological polar surface area (TPSA) is 37.3 Å². The molecule has 0 bridgehead atoms. The molecular weight excluding hydrogens is 188 g/mol. The Labute approximate surface area is 91.1 Å². The Bertz CT molecular complexity index is 320. The Morgan fingerprint density at radius 3 is 2.73 bits per heavy atom. The SMILES string of the molecule is CC1(C)C[C@@H]2C[C@@]3(O)CCC(=O)C3[C@@H]2C1. The van der Waals surface area contributed by atoms with Gasteiger partial charge < -0.3 is 5.11 Å². The van der Waals surface area contributed by atoms with Crippen molar-refractivity contribution in [1.82, 2.24) is 0 Å². The van der Waals surface area contributed by atoms with Crippen molar-refractivity contribution in [3.05, 3.63) is 0 Å². The number of rotatable bonds is 0. The molecule has 0 aromatic rings. The van der Waals surface area contributed by atoms with Crippen LogP contribution in [0.5, 0.6) is 0 Å². The Balaban J connectivity index is 1.92. The Hall–Kier alpha value is -0.370. The third kappa shape index (κ3) is 1.24. The average molecular weight is 208 g/mol. The van der Waals surface area contributed by atoms with E-state index in [-0.39, 0.29) is 5.92 Å². The summed E-state index contributed by atoms with van der Waals surface area (Å²) < 4.78 is 0. The molecule has 2 nitrogen and oxygen atoms in total. The first-order valence-corrected chi connectivity index (χ1v) is 6.16. The standard InChI is InChI=1S/C13H20O2/c1-12(2)5-8-6-13(15)4-3-10(14)11(13)9(8)7-12/h8-9,11,15H,3-7H2,1-2H3/t8-,9-,11?,13+/m1/s1. The lowest BCUT2D eigenvalue weighted by Crippen LogP contribution is -2.33. The monoisotopic (exact) mass is 208 g/mol. The van der Waals surface area contributed by atoms with Gasteiger partial charge in [0, 0.05) is 12.3 Å². The van der Waals surface area contributed by atoms with Crippen molar-refractivity contribution in [2.45, 2.75) is 51.6 Å². The summed E-state index contributed by atoms with van der Waals surface area (Å²) in [4.78, 5) is 11.9. The lowest BCUT2D eigenvalue weighted by molar-refractivity contribution is -0.125. The molecule has 0 aromatic carbocycles. The van der Waals surface area contributed by atoms with E-state index in [1.54, 1.807) is 0 Å². The fraction of sp³-hybridized carbons (Fsp3) is 0.923. The predicted octanol–water partition coefficient (Wildman–Crippen LogP) is 2.15. The number of aliphatic hydroxyl groups is 1. The zero-order valence-electron chi connectivity index (χ0n) is 9.62. The number of fused-ring (bicyclic) bond motifs is 3. The molecule has 3 aliphatic rings. The van der Waals surface area contributed by atoms with E-state index >= 15 is 0 Å². The van der Waals surface area contributed by atoms with Crippen molar-refractivity contribution in [2.24, 2.45) is 23.2 Å². The van der Waals surface area contributed by atoms with Gasteiger partial charge in [0.1, 0.15) is 5.78 Å². The molecule has 1 unspecified atom stereocenters. The van der Waals surface area contributed by atoms with Gasteiger partial charge in [0.05, 0.1) is 5.60 Å². The van der Waals surface area contributed by atoms with E-state index < -0.39 is 5.60 Å². The van der Waals surface area contributed by atoms with Crippen LogP contribution in [-0.2, 0) is 4.79 Å². The molecule has 0 heterocycles. The Morgan fingerprint density at radius 2 is 2.00 bits per heavy atom. The van der Waals surface area contributed by atoms with E-state index in [1.165, 1.54) is 6.42 Å². The molecule has 0 aromatic heterocycles. The van der Waals surface area contributed by atoms with Crippen LogP contribution in [0.25, 0.3) is 0 Å². The van der Waals surface area contributed by atoms with Gasteiger partial charge in [-0.3, -0.25) is 4.79 Å². The van der Waals surface area contributed by atoms with E-state index in [2.05, 4.69) is 13.8 Å². The summed E-state index contributed by atoms with van der Waals surface area (Å²) >= 11 is 0. The number of hydrogen-bond donors (Lipinski definition) is 1. The van der Waals surface area contributed by atoms with E-state index in [0.29, 0.717) is 29.5 Å². The summed E-state index contributed by atoms with van der Waals surface area (Å²) in [5.74, 6) is 1.42. The van der Waals surface area contributed by atoms with Gasteiger partial charge in [0.25, 0.3) is 0 Å². The second-order valence-corrected chi connectivity index (χ2v) is 6.75. The molecule has 0 amide bonds. The molecule has 4 atom stereocenters. The maximum Gasteiger partial charge on any atom is 0.139 e. The summed E-state index contributed by atoms with van der Waals surface area (Å²) in [6.45, 7) is 4.59. The van der Waals surface area contributed by atoms with Crippen molar-refractivity contribution in [1.29, 1.82) is 0 Å². The predicted molar refractivity (Wildman–Crippen MR) is 57.3 cm³/mol. The minimum absolute atomic E-state index is 0.00993. The minimum atomic E-state index is -0.608. The summed E-state index contributed by atoms with van der Waals surface area (Å²) in [7, 11) is 0. The van der Waals surface area contributed by atoms with Crippen LogP contribution in [0.3, 0.4) is 0 Å². The first kappa shape index (κ1) is 9.83. The molecule has 0 spiro atoms. The highest BCUT2D eigenvalue weighted by Crippen LogP contribution is 2.61. The zero-order valence-corrected chi connectivity index (χ0v) is 9.62. The second kappa shape index (κ2) is 2.65. The molecular formula is C13H20O2. The highest BCUT2D eigenvalue weighted by atomic mass is 16.3. The molecule has 3 saturated carbocycles. The van der Waals surface area contributed by atoms with Crippen molar-refractivity contribution >= 4 is 5.78 Å². The van der Waals surface area contributed by atoms with Crippen LogP contribution in [0.1, 0.15) is 46.0 Å². The smallest absolute Gasteiger partial charge is 0.139 e. The number of Topliss-reactive ketones (excluding diaryl/α,β-unsaturated/α-hetero) is 1. The summed E-state index contributed by atoms with van der Waals surface area (Å²) in [5.41, 5.74) is -0.220. The molecule has 3 rings (SSSR count). The normalized spacial score (nSPS) is 51.9. The van der Waals surface area contributed by atoms with Gasteiger partial charge in [0.15, 0.2) is 0 Å². The fourth-order valence-corrected chi connectivity index (χ4v) is 4.63. The van der Waals surface area contributed by atoms with Crippen LogP contribution in [0.2, 0.25) is 0 Å². The van der Waals surface area contributed by atoms with E-state index in [4.69, 9.17) is 0 Å². The molecule has 1 N–H and O–H groups in total. The molecule has 0 radical (unpaired) electrons. The summed E-state index contributed by atoms with van der Waals surface area (Å²) in [6, 6.07) is 0. The van der Waals surface area contributed by atoms with E-state index in [1.807, 2.05) is 0 Å². The molecule has 84 valence electrons. The van der Waals surface area contributed by atoms with Crippen molar-refractivity contribution in [2.75, 3.05) is 0 Å². The van der Waals surface area contributed by atoms with Gasteiger partial charge in [-0.15, -0.1) is 0 Å². The summed E-state index contributed by atoms with van der Waals surface area (Å²) in [6.07, 6.45) is 4.56. The van der Waals surface area contributed by atoms with Gasteiger partial charge in [-0.2, -0.15) is 0 Å². The van der Waals surface area contributed by atoms with Crippen LogP contribution >= 0.6 is 0 Å². The fourth-order valence-electron chi connectivity index (χ4n) is 4.63. The largest absolute Gasteiger partial charge is 0.389 e. The maximum absolute atomic E-state index is 11.9. The molecule has 2 heteroatoms. The lowest BCUT2D eigenvalue weighted by Gasteiger charge is -2.27. The van der Waals surface area contributed by atoms with Crippen LogP contribution in [0.15, 0.2) is 0 Å². The van der Waals surface area contributed by atoms with Gasteiger partial charge in [-0.1, -0.05) is 13.8 Å². The number of carbonyl (C=O) groups is 1. The Morgan fingerprint density at radius 1 is 1.27 bits per heavy atom. The highest BCUT2D eigenvalue weighted by Gasteiger charge is 2.62. The average Bonchev–Trinajstić information content (AvgIpc) is 2.59. The Kier molecular flexibility index (Phi) is 1.74. The summed E-state index contributed by atoms with van der Waals surface area (Å²) in [5, 5.41) is 10.5. The first-order chi connectivity index (χ1) is 6.91. The second-order valence-electron chi connectivity index (χ2n) is 6.75. The highest BCUT2D eigenvalue weighted by molar-refractivity contribution is 5.85. The molecule has 3 aliphatic carbocycles. The van der Waals surface area contributed by atoms with Crippen LogP contribution in [0, 0.1) is 23.2 Å². The number of hydrogen-bond acceptors (Lipinski definition) is 2. The first-order valence-electron chi connectivity index (χ1n) is 6.16. The van der Waals surface area contributed by atoms with E-state index in [9.17, 15) is 9.90 Å². The van der Waals surface area contributed by atoms with Crippen LogP contribution in [0.4, 0.5) is 0 Å². The van der Waals surface area contributed by atoms with E-state index in [0.717, 1.165) is 19.3 Å². The van der Waals surface area contributed by atoms with Gasteiger partial charge >= 0.3 is 0 Å². The lowest BCUT2D eigenvalue weighted by atomic mass is 9.81. The number of carbonyl (C=O) groups excluding carboxylic acids is 1. The third-order valence-corrected chi connectivity index (χ3v) is 4.98. The number of ketones is 1. The van der Waals surface area contributed by atoms with Crippen LogP contribution < -0.4 is 0 Å². The van der Waals surface area contributed by atoms with Crippen molar-refractivity contribution in [3.8, 4) is 0 Å². The van der Waals surface area contributed by atoms with Gasteiger partial charge in [-0.05, 0) is 42.9 Å². The third-order valence-electron chi connectivity index (χ3n) is 4.98. The molecule has 0 saturated heterocycles. The van der Waals surface area contributed by atoms with Gasteiger partial charge in [-0.25, -0.2) is 0 Å². The molecule has 15 heavy (non-hydrogen) atoms. The van der Waals surface area contributed by atoms with Crippen molar-refractivity contribution < 1.29 is 9.90 Å². The van der Waals surface area contributed by atoms with Gasteiger partial charge in [0.2, 0.25) is 0 Å². The molecule has 3 fully saturated rings. The maximum atomic E-state index is 11.9. The molecule has 0 aliphatic heterocycles.